The summed E-state index contributed by atoms with van der Waals surface area (Å²) in [6.07, 6.45) is 0. The first-order valence-corrected chi connectivity index (χ1v) is 11.3. The van der Waals surface area contributed by atoms with Crippen molar-refractivity contribution in [2.75, 3.05) is 50.2 Å². The molecule has 1 aliphatic heterocycles. The van der Waals surface area contributed by atoms with Crippen LogP contribution in [0, 0.1) is 0 Å². The number of piperazine rings is 1. The fourth-order valence-electron chi connectivity index (χ4n) is 4.09. The van der Waals surface area contributed by atoms with E-state index in [0.29, 0.717) is 10.6 Å². The van der Waals surface area contributed by atoms with Crippen molar-refractivity contribution in [3.05, 3.63) is 64.3 Å². The van der Waals surface area contributed by atoms with Crippen molar-refractivity contribution in [3.63, 3.8) is 0 Å². The Balaban J connectivity index is 1.42. The van der Waals surface area contributed by atoms with Crippen LogP contribution in [0.4, 0.5) is 11.6 Å². The first kappa shape index (κ1) is 20.4. The average Bonchev–Trinajstić information content (AvgIpc) is 3.29. The molecule has 0 unspecified atom stereocenters. The minimum atomic E-state index is -0.0954. The molecule has 1 N–H and O–H groups in total. The number of nitrogens with one attached hydrogen (secondary N) is 1. The normalized spacial score (nSPS) is 14.1. The Bertz CT molecular complexity index is 1290. The number of rotatable bonds is 5. The van der Waals surface area contributed by atoms with Crippen LogP contribution in [0.2, 0.25) is 0 Å². The number of aromatic amines is 1. The molecule has 0 aliphatic carbocycles. The highest BCUT2D eigenvalue weighted by Gasteiger charge is 2.22. The molecular weight excluding hydrogens is 424 g/mol. The van der Waals surface area contributed by atoms with Crippen LogP contribution in [0.3, 0.4) is 0 Å². The molecule has 32 heavy (non-hydrogen) atoms. The lowest BCUT2D eigenvalue weighted by atomic mass is 10.1. The lowest BCUT2D eigenvalue weighted by Crippen LogP contribution is -2.47. The van der Waals surface area contributed by atoms with E-state index < -0.39 is 0 Å². The van der Waals surface area contributed by atoms with E-state index in [-0.39, 0.29) is 5.56 Å². The van der Waals surface area contributed by atoms with Gasteiger partial charge in [-0.3, -0.25) is 9.78 Å². The van der Waals surface area contributed by atoms with Gasteiger partial charge in [0, 0.05) is 37.1 Å². The number of H-pyrrole nitrogens is 1. The highest BCUT2D eigenvalue weighted by molar-refractivity contribution is 7.17. The molecule has 2 aromatic carbocycles. The number of hydrogen-bond acceptors (Lipinski definition) is 7. The zero-order valence-electron chi connectivity index (χ0n) is 18.0. The third-order valence-electron chi connectivity index (χ3n) is 5.82. The predicted molar refractivity (Wildman–Crippen MR) is 130 cm³/mol. The molecule has 0 amide bonds. The highest BCUT2D eigenvalue weighted by Crippen LogP contribution is 2.33. The van der Waals surface area contributed by atoms with Crippen LogP contribution in [0.5, 0.6) is 11.5 Å². The number of anilines is 2. The summed E-state index contributed by atoms with van der Waals surface area (Å²) < 4.78 is 11.4. The van der Waals surface area contributed by atoms with Gasteiger partial charge in [-0.2, -0.15) is 0 Å². The van der Waals surface area contributed by atoms with Crippen LogP contribution in [0.1, 0.15) is 0 Å². The molecule has 5 rings (SSSR count). The van der Waals surface area contributed by atoms with Crippen LogP contribution in [-0.2, 0) is 0 Å². The lowest BCUT2D eigenvalue weighted by Gasteiger charge is -2.36. The number of nitrogens with zero attached hydrogens (tertiary/aromatic N) is 3. The van der Waals surface area contributed by atoms with Gasteiger partial charge in [0.1, 0.15) is 16.2 Å². The second-order valence-corrected chi connectivity index (χ2v) is 8.47. The Kier molecular flexibility index (Phi) is 5.45. The second kappa shape index (κ2) is 8.55. The zero-order chi connectivity index (χ0) is 22.1. The number of thiophene rings is 1. The van der Waals surface area contributed by atoms with Gasteiger partial charge >= 0.3 is 0 Å². The van der Waals surface area contributed by atoms with Gasteiger partial charge < -0.3 is 19.3 Å². The molecule has 0 spiro atoms. The summed E-state index contributed by atoms with van der Waals surface area (Å²) in [6.45, 7) is 3.15. The average molecular weight is 449 g/mol. The molecule has 4 aromatic rings. The minimum Gasteiger partial charge on any atom is -0.497 e. The van der Waals surface area contributed by atoms with Gasteiger partial charge in [0.25, 0.3) is 5.56 Å². The number of aromatic nitrogens is 2. The predicted octanol–water partition coefficient (Wildman–Crippen LogP) is 4.00. The molecule has 164 valence electrons. The maximum absolute atomic E-state index is 12.8. The van der Waals surface area contributed by atoms with E-state index >= 15 is 0 Å². The van der Waals surface area contributed by atoms with Gasteiger partial charge in [0.15, 0.2) is 0 Å². The third kappa shape index (κ3) is 3.67. The van der Waals surface area contributed by atoms with Crippen molar-refractivity contribution in [2.45, 2.75) is 0 Å². The number of ether oxygens (including phenoxy) is 2. The minimum absolute atomic E-state index is 0.0954. The molecule has 7 nitrogen and oxygen atoms in total. The summed E-state index contributed by atoms with van der Waals surface area (Å²) in [6, 6.07) is 15.9. The van der Waals surface area contributed by atoms with Gasteiger partial charge in [0.05, 0.1) is 25.4 Å². The maximum atomic E-state index is 12.8. The zero-order valence-corrected chi connectivity index (χ0v) is 18.8. The number of benzene rings is 2. The largest absolute Gasteiger partial charge is 0.497 e. The van der Waals surface area contributed by atoms with Crippen LogP contribution >= 0.6 is 11.3 Å². The molecule has 0 bridgehead atoms. The summed E-state index contributed by atoms with van der Waals surface area (Å²) in [7, 11) is 3.34. The SMILES string of the molecule is COc1ccc(-c2csc3c(=O)[nH]c(N4CCN(c5ccccc5OC)CC4)nc23)cc1. The highest BCUT2D eigenvalue weighted by atomic mass is 32.1. The molecule has 3 heterocycles. The Morgan fingerprint density at radius 2 is 1.66 bits per heavy atom. The lowest BCUT2D eigenvalue weighted by molar-refractivity contribution is 0.413. The number of fused-ring (bicyclic) bond motifs is 1. The summed E-state index contributed by atoms with van der Waals surface area (Å²) in [4.78, 5) is 25.1. The van der Waals surface area contributed by atoms with Gasteiger partial charge in [-0.05, 0) is 29.8 Å². The van der Waals surface area contributed by atoms with Crippen molar-refractivity contribution < 1.29 is 9.47 Å². The van der Waals surface area contributed by atoms with Gasteiger partial charge in [-0.25, -0.2) is 4.98 Å². The number of methoxy groups -OCH3 is 2. The van der Waals surface area contributed by atoms with E-state index in [2.05, 4.69) is 20.9 Å². The van der Waals surface area contributed by atoms with E-state index in [1.807, 2.05) is 47.8 Å². The molecular formula is C24H24N4O3S. The first-order chi connectivity index (χ1) is 15.7. The monoisotopic (exact) mass is 448 g/mol. The standard InChI is InChI=1S/C24H24N4O3S/c1-30-17-9-7-16(8-10-17)18-15-32-22-21(18)25-24(26-23(22)29)28-13-11-27(12-14-28)19-5-3-4-6-20(19)31-2/h3-10,15H,11-14H2,1-2H3,(H,25,26,29). The molecule has 8 heteroatoms. The van der Waals surface area contributed by atoms with Gasteiger partial charge in [0.2, 0.25) is 5.95 Å². The fraction of sp³-hybridized carbons (Fsp3) is 0.250. The van der Waals surface area contributed by atoms with Gasteiger partial charge in [-0.1, -0.05) is 24.3 Å². The van der Waals surface area contributed by atoms with E-state index in [1.54, 1.807) is 14.2 Å². The van der Waals surface area contributed by atoms with Crippen LogP contribution in [-0.4, -0.2) is 50.4 Å². The van der Waals surface area contributed by atoms with E-state index in [1.165, 1.54) is 11.3 Å². The van der Waals surface area contributed by atoms with Crippen molar-refractivity contribution in [1.82, 2.24) is 9.97 Å². The molecule has 2 aromatic heterocycles. The summed E-state index contributed by atoms with van der Waals surface area (Å²) >= 11 is 1.42. The Hall–Kier alpha value is -3.52. The summed E-state index contributed by atoms with van der Waals surface area (Å²) in [5.41, 5.74) is 3.72. The van der Waals surface area contributed by atoms with Crippen LogP contribution in [0.25, 0.3) is 21.3 Å². The quantitative estimate of drug-likeness (QED) is 0.498. The molecule has 1 fully saturated rings. The van der Waals surface area contributed by atoms with Crippen molar-refractivity contribution in [2.24, 2.45) is 0 Å². The molecule has 1 aliphatic rings. The summed E-state index contributed by atoms with van der Waals surface area (Å²) in [5, 5.41) is 2.00. The second-order valence-electron chi connectivity index (χ2n) is 7.59. The number of hydrogen-bond donors (Lipinski definition) is 1. The smallest absolute Gasteiger partial charge is 0.270 e. The Morgan fingerprint density at radius 3 is 2.38 bits per heavy atom. The van der Waals surface area contributed by atoms with Crippen LogP contribution < -0.4 is 24.8 Å². The topological polar surface area (TPSA) is 70.7 Å². The molecule has 0 atom stereocenters. The van der Waals surface area contributed by atoms with E-state index in [0.717, 1.165) is 60.0 Å². The third-order valence-corrected chi connectivity index (χ3v) is 6.79. The molecule has 0 saturated carbocycles. The Labute approximate surface area is 189 Å². The first-order valence-electron chi connectivity index (χ1n) is 10.5. The maximum Gasteiger partial charge on any atom is 0.270 e. The van der Waals surface area contributed by atoms with Crippen LogP contribution in [0.15, 0.2) is 58.7 Å². The number of para-hydroxylation sites is 2. The van der Waals surface area contributed by atoms with E-state index in [4.69, 9.17) is 14.5 Å². The summed E-state index contributed by atoms with van der Waals surface area (Å²) in [5.74, 6) is 2.29. The molecule has 0 radical (unpaired) electrons. The van der Waals surface area contributed by atoms with Gasteiger partial charge in [-0.15, -0.1) is 11.3 Å². The van der Waals surface area contributed by atoms with Crippen molar-refractivity contribution in [1.29, 1.82) is 0 Å². The fourth-order valence-corrected chi connectivity index (χ4v) is 5.00. The van der Waals surface area contributed by atoms with Crippen molar-refractivity contribution in [3.8, 4) is 22.6 Å². The van der Waals surface area contributed by atoms with Crippen molar-refractivity contribution >= 4 is 33.2 Å². The Morgan fingerprint density at radius 1 is 0.938 bits per heavy atom. The molecule has 1 saturated heterocycles. The van der Waals surface area contributed by atoms with E-state index in [9.17, 15) is 4.79 Å².